The molecule has 1 aromatic heterocycles. The lowest BCUT2D eigenvalue weighted by Gasteiger charge is -2.10. The molecule has 5 heteroatoms. The lowest BCUT2D eigenvalue weighted by molar-refractivity contribution is 0.102. The fourth-order valence-corrected chi connectivity index (χ4v) is 3.42. The van der Waals surface area contributed by atoms with E-state index in [1.54, 1.807) is 12.1 Å². The molecule has 1 heterocycles. The lowest BCUT2D eigenvalue weighted by Crippen LogP contribution is -2.12. The Balaban J connectivity index is 1.53. The van der Waals surface area contributed by atoms with Crippen molar-refractivity contribution in [3.8, 4) is 17.2 Å². The number of benzene rings is 3. The highest BCUT2D eigenvalue weighted by Crippen LogP contribution is 2.29. The Kier molecular flexibility index (Phi) is 6.26. The molecule has 32 heavy (non-hydrogen) atoms. The van der Waals surface area contributed by atoms with Crippen LogP contribution in [0.2, 0.25) is 0 Å². The van der Waals surface area contributed by atoms with Gasteiger partial charge in [-0.25, -0.2) is 4.98 Å². The minimum absolute atomic E-state index is 0.172. The second kappa shape index (κ2) is 9.27. The number of carbonyl (C=O) groups is 1. The van der Waals surface area contributed by atoms with Gasteiger partial charge in [0.05, 0.1) is 6.61 Å². The number of nitrogens with one attached hydrogen (secondary N) is 1. The van der Waals surface area contributed by atoms with Gasteiger partial charge in [-0.1, -0.05) is 19.4 Å². The maximum Gasteiger partial charge on any atom is 0.255 e. The fraction of sp³-hybridized carbons (Fsp3) is 0.259. The quantitative estimate of drug-likeness (QED) is 0.327. The smallest absolute Gasteiger partial charge is 0.255 e. The number of oxazole rings is 1. The molecule has 0 radical (unpaired) electrons. The zero-order valence-corrected chi connectivity index (χ0v) is 19.0. The van der Waals surface area contributed by atoms with E-state index in [1.807, 2.05) is 49.4 Å². The molecule has 0 fully saturated rings. The van der Waals surface area contributed by atoms with Crippen molar-refractivity contribution in [1.29, 1.82) is 0 Å². The van der Waals surface area contributed by atoms with E-state index in [1.165, 1.54) is 11.1 Å². The van der Waals surface area contributed by atoms with Crippen LogP contribution in [0.15, 0.2) is 59.0 Å². The van der Waals surface area contributed by atoms with Crippen LogP contribution in [0.25, 0.3) is 22.6 Å². The summed E-state index contributed by atoms with van der Waals surface area (Å²) in [5.74, 6) is 1.14. The molecule has 164 valence electrons. The van der Waals surface area contributed by atoms with E-state index < -0.39 is 0 Å². The largest absolute Gasteiger partial charge is 0.494 e. The minimum atomic E-state index is -0.172. The van der Waals surface area contributed by atoms with Gasteiger partial charge in [-0.05, 0) is 92.4 Å². The molecule has 1 N–H and O–H groups in total. The van der Waals surface area contributed by atoms with E-state index in [4.69, 9.17) is 9.15 Å². The third kappa shape index (κ3) is 4.67. The highest BCUT2D eigenvalue weighted by Gasteiger charge is 2.13. The summed E-state index contributed by atoms with van der Waals surface area (Å²) in [6.45, 7) is 8.89. The Hall–Kier alpha value is -3.60. The maximum absolute atomic E-state index is 12.8. The first-order chi connectivity index (χ1) is 15.4. The van der Waals surface area contributed by atoms with E-state index in [2.05, 4.69) is 31.1 Å². The molecule has 0 bridgehead atoms. The monoisotopic (exact) mass is 428 g/mol. The molecule has 3 aromatic carbocycles. The Morgan fingerprint density at radius 3 is 2.47 bits per heavy atom. The summed E-state index contributed by atoms with van der Waals surface area (Å²) in [5.41, 5.74) is 7.01. The van der Waals surface area contributed by atoms with Gasteiger partial charge in [0.2, 0.25) is 5.89 Å². The normalized spacial score (nSPS) is 11.0. The van der Waals surface area contributed by atoms with Crippen molar-refractivity contribution in [3.05, 3.63) is 76.9 Å². The maximum atomic E-state index is 12.8. The number of unbranched alkanes of at least 4 members (excludes halogenated alkanes) is 1. The third-order valence-electron chi connectivity index (χ3n) is 5.62. The summed E-state index contributed by atoms with van der Waals surface area (Å²) in [5, 5.41) is 3.01. The summed E-state index contributed by atoms with van der Waals surface area (Å²) in [6, 6.07) is 17.1. The number of aryl methyl sites for hydroxylation is 3. The topological polar surface area (TPSA) is 64.4 Å². The number of hydrogen-bond acceptors (Lipinski definition) is 4. The second-order valence-electron chi connectivity index (χ2n) is 8.13. The first-order valence-electron chi connectivity index (χ1n) is 11.0. The average molecular weight is 429 g/mol. The molecule has 0 atom stereocenters. The molecular formula is C27H28N2O3. The van der Waals surface area contributed by atoms with Gasteiger partial charge in [0, 0.05) is 16.8 Å². The van der Waals surface area contributed by atoms with Crippen LogP contribution in [0.4, 0.5) is 5.69 Å². The van der Waals surface area contributed by atoms with Crippen molar-refractivity contribution in [1.82, 2.24) is 4.98 Å². The van der Waals surface area contributed by atoms with Crippen LogP contribution in [-0.4, -0.2) is 17.5 Å². The Labute approximate surface area is 188 Å². The van der Waals surface area contributed by atoms with Gasteiger partial charge in [-0.15, -0.1) is 0 Å². The lowest BCUT2D eigenvalue weighted by atomic mass is 10.1. The molecule has 0 aliphatic rings. The number of amides is 1. The molecule has 0 aliphatic carbocycles. The highest BCUT2D eigenvalue weighted by atomic mass is 16.5. The van der Waals surface area contributed by atoms with Crippen molar-refractivity contribution in [2.24, 2.45) is 0 Å². The fourth-order valence-electron chi connectivity index (χ4n) is 3.42. The van der Waals surface area contributed by atoms with E-state index in [0.29, 0.717) is 18.1 Å². The van der Waals surface area contributed by atoms with Crippen molar-refractivity contribution >= 4 is 22.7 Å². The minimum Gasteiger partial charge on any atom is -0.494 e. The summed E-state index contributed by atoms with van der Waals surface area (Å²) < 4.78 is 11.7. The van der Waals surface area contributed by atoms with Crippen LogP contribution in [0.3, 0.4) is 0 Å². The standard InChI is InChI=1S/C27H28N2O3/c1-5-6-13-31-22-11-9-20(10-12-22)26(30)28-23-16-21(8-7-17(23)2)27-29-24-14-18(3)19(4)15-25(24)32-27/h7-12,14-16H,5-6,13H2,1-4H3,(H,28,30). The molecule has 4 aromatic rings. The zero-order chi connectivity index (χ0) is 22.7. The van der Waals surface area contributed by atoms with Crippen molar-refractivity contribution in [2.75, 3.05) is 11.9 Å². The van der Waals surface area contributed by atoms with E-state index in [9.17, 15) is 4.79 Å². The zero-order valence-electron chi connectivity index (χ0n) is 19.0. The Morgan fingerprint density at radius 1 is 0.969 bits per heavy atom. The number of anilines is 1. The van der Waals surface area contributed by atoms with Crippen LogP contribution in [0, 0.1) is 20.8 Å². The van der Waals surface area contributed by atoms with E-state index >= 15 is 0 Å². The molecule has 0 spiro atoms. The number of nitrogens with zero attached hydrogens (tertiary/aromatic N) is 1. The molecule has 1 amide bonds. The molecule has 4 rings (SSSR count). The predicted octanol–water partition coefficient (Wildman–Crippen LogP) is 6.85. The second-order valence-corrected chi connectivity index (χ2v) is 8.13. The van der Waals surface area contributed by atoms with Gasteiger partial charge in [-0.2, -0.15) is 0 Å². The van der Waals surface area contributed by atoms with Gasteiger partial charge in [-0.3, -0.25) is 4.79 Å². The summed E-state index contributed by atoms with van der Waals surface area (Å²) in [7, 11) is 0. The third-order valence-corrected chi connectivity index (χ3v) is 5.62. The first kappa shape index (κ1) is 21.6. The first-order valence-corrected chi connectivity index (χ1v) is 11.0. The average Bonchev–Trinajstić information content (AvgIpc) is 3.18. The van der Waals surface area contributed by atoms with Crippen molar-refractivity contribution in [3.63, 3.8) is 0 Å². The summed E-state index contributed by atoms with van der Waals surface area (Å²) >= 11 is 0. The molecule has 0 saturated heterocycles. The van der Waals surface area contributed by atoms with Crippen molar-refractivity contribution in [2.45, 2.75) is 40.5 Å². The number of aromatic nitrogens is 1. The number of hydrogen-bond donors (Lipinski definition) is 1. The predicted molar refractivity (Wildman–Crippen MR) is 128 cm³/mol. The molecule has 5 nitrogen and oxygen atoms in total. The summed E-state index contributed by atoms with van der Waals surface area (Å²) in [6.07, 6.45) is 2.10. The molecule has 0 saturated carbocycles. The molecule has 0 unspecified atom stereocenters. The highest BCUT2D eigenvalue weighted by molar-refractivity contribution is 6.05. The number of rotatable bonds is 7. The van der Waals surface area contributed by atoms with Crippen LogP contribution >= 0.6 is 0 Å². The van der Waals surface area contributed by atoms with E-state index in [0.717, 1.165) is 46.5 Å². The van der Waals surface area contributed by atoms with Gasteiger partial charge in [0.25, 0.3) is 5.91 Å². The van der Waals surface area contributed by atoms with Crippen molar-refractivity contribution < 1.29 is 13.9 Å². The summed E-state index contributed by atoms with van der Waals surface area (Å²) in [4.78, 5) is 17.5. The number of ether oxygens (including phenoxy) is 1. The van der Waals surface area contributed by atoms with Gasteiger partial charge in [0.1, 0.15) is 11.3 Å². The van der Waals surface area contributed by atoms with Crippen LogP contribution in [-0.2, 0) is 0 Å². The van der Waals surface area contributed by atoms with Crippen LogP contribution < -0.4 is 10.1 Å². The Bertz CT molecular complexity index is 1220. The number of carbonyl (C=O) groups excluding carboxylic acids is 1. The van der Waals surface area contributed by atoms with Gasteiger partial charge in [0.15, 0.2) is 5.58 Å². The van der Waals surface area contributed by atoms with Crippen LogP contribution in [0.5, 0.6) is 5.75 Å². The SMILES string of the molecule is CCCCOc1ccc(C(=O)Nc2cc(-c3nc4cc(C)c(C)cc4o3)ccc2C)cc1. The molecular weight excluding hydrogens is 400 g/mol. The van der Waals surface area contributed by atoms with Crippen LogP contribution in [0.1, 0.15) is 46.8 Å². The van der Waals surface area contributed by atoms with E-state index in [-0.39, 0.29) is 5.91 Å². The van der Waals surface area contributed by atoms with Gasteiger partial charge >= 0.3 is 0 Å². The molecule has 0 aliphatic heterocycles. The number of fused-ring (bicyclic) bond motifs is 1. The Morgan fingerprint density at radius 2 is 1.72 bits per heavy atom. The van der Waals surface area contributed by atoms with Gasteiger partial charge < -0.3 is 14.5 Å².